The van der Waals surface area contributed by atoms with Crippen LogP contribution in [0.15, 0.2) is 53.0 Å². The van der Waals surface area contributed by atoms with Gasteiger partial charge in [0, 0.05) is 21.6 Å². The van der Waals surface area contributed by atoms with Gasteiger partial charge in [0.1, 0.15) is 12.7 Å². The second-order valence-electron chi connectivity index (χ2n) is 7.35. The van der Waals surface area contributed by atoms with Gasteiger partial charge in [-0.2, -0.15) is 0 Å². The maximum absolute atomic E-state index is 12.6. The molecule has 2 aromatic rings. The summed E-state index contributed by atoms with van der Waals surface area (Å²) in [6, 6.07) is 14.9. The Morgan fingerprint density at radius 3 is 2.48 bits per heavy atom. The summed E-state index contributed by atoms with van der Waals surface area (Å²) >= 11 is 9.36. The molecule has 0 unspecified atom stereocenters. The largest absolute Gasteiger partial charge is 0.446 e. The summed E-state index contributed by atoms with van der Waals surface area (Å²) in [6.07, 6.45) is -0.641. The number of carbonyl (C=O) groups is 1. The van der Waals surface area contributed by atoms with E-state index in [0.29, 0.717) is 17.1 Å². The van der Waals surface area contributed by atoms with Crippen molar-refractivity contribution in [1.82, 2.24) is 4.90 Å². The van der Waals surface area contributed by atoms with E-state index in [1.807, 2.05) is 45.0 Å². The van der Waals surface area contributed by atoms with Crippen LogP contribution in [0.4, 0.5) is 4.79 Å². The molecular formula is C21H25BrClNO3. The van der Waals surface area contributed by atoms with Gasteiger partial charge in [-0.1, -0.05) is 51.8 Å². The number of halogens is 2. The van der Waals surface area contributed by atoms with Crippen LogP contribution < -0.4 is 0 Å². The highest BCUT2D eigenvalue weighted by Crippen LogP contribution is 2.20. The van der Waals surface area contributed by atoms with Crippen molar-refractivity contribution in [3.63, 3.8) is 0 Å². The van der Waals surface area contributed by atoms with Crippen LogP contribution in [0, 0.1) is 0 Å². The van der Waals surface area contributed by atoms with Gasteiger partial charge in [-0.05, 0) is 62.6 Å². The minimum Gasteiger partial charge on any atom is -0.446 e. The molecule has 0 bridgehead atoms. The number of hydrogen-bond donors (Lipinski definition) is 1. The summed E-state index contributed by atoms with van der Waals surface area (Å²) in [5.41, 5.74) is 1.36. The van der Waals surface area contributed by atoms with Crippen molar-refractivity contribution in [2.75, 3.05) is 13.2 Å². The van der Waals surface area contributed by atoms with E-state index in [0.717, 1.165) is 16.5 Å². The zero-order chi connectivity index (χ0) is 20.0. The average Bonchev–Trinajstić information content (AvgIpc) is 2.60. The van der Waals surface area contributed by atoms with Gasteiger partial charge in [0.05, 0.1) is 0 Å². The highest BCUT2D eigenvalue weighted by Gasteiger charge is 2.28. The Bertz CT molecular complexity index is 759. The van der Waals surface area contributed by atoms with E-state index >= 15 is 0 Å². The Labute approximate surface area is 174 Å². The van der Waals surface area contributed by atoms with Crippen molar-refractivity contribution in [1.29, 1.82) is 0 Å². The number of aliphatic hydroxyl groups excluding tert-OH is 1. The highest BCUT2D eigenvalue weighted by molar-refractivity contribution is 9.10. The quantitative estimate of drug-likeness (QED) is 0.616. The van der Waals surface area contributed by atoms with Gasteiger partial charge in [-0.3, -0.25) is 0 Å². The molecule has 0 fully saturated rings. The summed E-state index contributed by atoms with van der Waals surface area (Å²) in [6.45, 7) is 6.29. The number of rotatable bonds is 6. The first-order valence-corrected chi connectivity index (χ1v) is 9.96. The fourth-order valence-electron chi connectivity index (χ4n) is 2.63. The summed E-state index contributed by atoms with van der Waals surface area (Å²) in [7, 11) is 0. The first-order chi connectivity index (χ1) is 12.7. The molecule has 0 heterocycles. The van der Waals surface area contributed by atoms with Gasteiger partial charge in [0.15, 0.2) is 0 Å². The van der Waals surface area contributed by atoms with Gasteiger partial charge >= 0.3 is 6.09 Å². The molecule has 2 aromatic carbocycles. The number of carbonyl (C=O) groups excluding carboxylic acids is 1. The summed E-state index contributed by atoms with van der Waals surface area (Å²) in [4.78, 5) is 14.3. The fourth-order valence-corrected chi connectivity index (χ4v) is 3.09. The number of benzene rings is 2. The predicted octanol–water partition coefficient (Wildman–Crippen LogP) is 5.62. The molecule has 6 heteroatoms. The second kappa shape index (κ2) is 9.58. The minimum absolute atomic E-state index is 0.121. The zero-order valence-electron chi connectivity index (χ0n) is 15.8. The van der Waals surface area contributed by atoms with Crippen LogP contribution in [0.5, 0.6) is 0 Å². The number of amides is 1. The van der Waals surface area contributed by atoms with E-state index in [1.165, 1.54) is 0 Å². The van der Waals surface area contributed by atoms with E-state index in [4.69, 9.17) is 16.3 Å². The molecule has 2 rings (SSSR count). The molecule has 0 saturated carbocycles. The lowest BCUT2D eigenvalue weighted by Gasteiger charge is -2.35. The molecule has 0 aliphatic carbocycles. The first kappa shape index (κ1) is 21.7. The lowest BCUT2D eigenvalue weighted by molar-refractivity contribution is 0.0298. The van der Waals surface area contributed by atoms with Crippen LogP contribution in [0.1, 0.15) is 38.0 Å². The van der Waals surface area contributed by atoms with Gasteiger partial charge in [0.2, 0.25) is 0 Å². The molecule has 1 N–H and O–H groups in total. The normalized spacial score (nSPS) is 12.5. The maximum Gasteiger partial charge on any atom is 0.410 e. The number of hydrogen-bond acceptors (Lipinski definition) is 3. The number of nitrogens with zero attached hydrogens (tertiary/aromatic N) is 1. The summed E-state index contributed by atoms with van der Waals surface area (Å²) < 4.78 is 6.40. The van der Waals surface area contributed by atoms with E-state index in [9.17, 15) is 9.90 Å². The maximum atomic E-state index is 12.6. The lowest BCUT2D eigenvalue weighted by Crippen LogP contribution is -2.47. The van der Waals surface area contributed by atoms with Crippen LogP contribution in [0.25, 0.3) is 0 Å². The van der Waals surface area contributed by atoms with Crippen LogP contribution in [-0.4, -0.2) is 34.8 Å². The molecule has 0 saturated heterocycles. The van der Waals surface area contributed by atoms with Crippen molar-refractivity contribution in [2.24, 2.45) is 0 Å². The predicted molar refractivity (Wildman–Crippen MR) is 112 cm³/mol. The topological polar surface area (TPSA) is 49.8 Å². The van der Waals surface area contributed by atoms with E-state index in [-0.39, 0.29) is 6.61 Å². The third kappa shape index (κ3) is 6.83. The SMILES string of the molecule is CC(C)(C)N(CCc1ccc(Br)cc1)C(=O)OC[C@H](O)c1cccc(Cl)c1. The third-order valence-corrected chi connectivity index (χ3v) is 4.93. The molecule has 4 nitrogen and oxygen atoms in total. The standard InChI is InChI=1S/C21H25BrClNO3/c1-21(2,3)24(12-11-15-7-9-17(22)10-8-15)20(26)27-14-19(25)16-5-4-6-18(23)13-16/h4-10,13,19,25H,11-12,14H2,1-3H3/t19-/m0/s1. The summed E-state index contributed by atoms with van der Waals surface area (Å²) in [5.74, 6) is 0. The monoisotopic (exact) mass is 453 g/mol. The van der Waals surface area contributed by atoms with Gasteiger partial charge in [-0.25, -0.2) is 4.79 Å². The molecule has 0 aliphatic rings. The molecule has 27 heavy (non-hydrogen) atoms. The lowest BCUT2D eigenvalue weighted by atomic mass is 10.1. The summed E-state index contributed by atoms with van der Waals surface area (Å²) in [5, 5.41) is 10.8. The van der Waals surface area contributed by atoms with E-state index in [2.05, 4.69) is 15.9 Å². The fraction of sp³-hybridized carbons (Fsp3) is 0.381. The van der Waals surface area contributed by atoms with Crippen LogP contribution >= 0.6 is 27.5 Å². The highest BCUT2D eigenvalue weighted by atomic mass is 79.9. The average molecular weight is 455 g/mol. The molecule has 0 radical (unpaired) electrons. The van der Waals surface area contributed by atoms with Crippen molar-refractivity contribution in [2.45, 2.75) is 38.8 Å². The Balaban J connectivity index is 1.96. The van der Waals surface area contributed by atoms with E-state index in [1.54, 1.807) is 29.2 Å². The van der Waals surface area contributed by atoms with Crippen LogP contribution in [0.2, 0.25) is 5.02 Å². The Kier molecular flexibility index (Phi) is 7.71. The van der Waals surface area contributed by atoms with Crippen LogP contribution in [-0.2, 0) is 11.2 Å². The number of aliphatic hydroxyl groups is 1. The van der Waals surface area contributed by atoms with Gasteiger partial charge in [-0.15, -0.1) is 0 Å². The van der Waals surface area contributed by atoms with Crippen LogP contribution in [0.3, 0.4) is 0 Å². The van der Waals surface area contributed by atoms with E-state index < -0.39 is 17.7 Å². The second-order valence-corrected chi connectivity index (χ2v) is 8.70. The number of ether oxygens (including phenoxy) is 1. The van der Waals surface area contributed by atoms with Crippen molar-refractivity contribution in [3.05, 3.63) is 69.2 Å². The first-order valence-electron chi connectivity index (χ1n) is 8.79. The van der Waals surface area contributed by atoms with Gasteiger partial charge in [0.25, 0.3) is 0 Å². The minimum atomic E-state index is -0.916. The molecule has 1 atom stereocenters. The van der Waals surface area contributed by atoms with Crippen molar-refractivity contribution in [3.8, 4) is 0 Å². The molecule has 1 amide bonds. The Hall–Kier alpha value is -1.56. The Morgan fingerprint density at radius 2 is 1.89 bits per heavy atom. The van der Waals surface area contributed by atoms with Crippen molar-refractivity contribution >= 4 is 33.6 Å². The third-order valence-electron chi connectivity index (χ3n) is 4.17. The van der Waals surface area contributed by atoms with Gasteiger partial charge < -0.3 is 14.7 Å². The Morgan fingerprint density at radius 1 is 1.22 bits per heavy atom. The molecule has 0 aromatic heterocycles. The zero-order valence-corrected chi connectivity index (χ0v) is 18.1. The van der Waals surface area contributed by atoms with Crippen molar-refractivity contribution < 1.29 is 14.6 Å². The molecular weight excluding hydrogens is 430 g/mol. The molecule has 0 spiro atoms. The smallest absolute Gasteiger partial charge is 0.410 e. The molecule has 0 aliphatic heterocycles. The molecule has 146 valence electrons.